The number of halogens is 1. The number of nitrogens with zero attached hydrogens (tertiary/aromatic N) is 1. The molecule has 1 aromatic rings. The number of benzene rings is 1. The van der Waals surface area contributed by atoms with Gasteiger partial charge in [-0.15, -0.1) is 0 Å². The summed E-state index contributed by atoms with van der Waals surface area (Å²) >= 11 is 3.24. The molecular formula is C8H7BrN2O3S. The number of hydrogen-bond acceptors (Lipinski definition) is 3. The summed E-state index contributed by atoms with van der Waals surface area (Å²) in [4.78, 5) is 11.0. The number of carbonyl (C=O) groups excluding carboxylic acids is 1. The Hall–Kier alpha value is -1.08. The minimum atomic E-state index is -3.68. The van der Waals surface area contributed by atoms with Crippen molar-refractivity contribution in [1.29, 1.82) is 0 Å². The van der Waals surface area contributed by atoms with Crippen LogP contribution in [0, 0.1) is 0 Å². The summed E-state index contributed by atoms with van der Waals surface area (Å²) in [6.45, 7) is -0.163. The van der Waals surface area contributed by atoms with Gasteiger partial charge in [-0.1, -0.05) is 15.9 Å². The van der Waals surface area contributed by atoms with E-state index in [1.165, 1.54) is 0 Å². The Morgan fingerprint density at radius 2 is 1.87 bits per heavy atom. The first-order valence-electron chi connectivity index (χ1n) is 4.08. The molecule has 0 atom stereocenters. The fourth-order valence-electron chi connectivity index (χ4n) is 1.28. The van der Waals surface area contributed by atoms with Crippen molar-refractivity contribution in [2.24, 2.45) is 0 Å². The minimum Gasteiger partial charge on any atom is -0.272 e. The predicted octanol–water partition coefficient (Wildman–Crippen LogP) is 0.630. The number of carbonyl (C=O) groups is 1. The minimum absolute atomic E-state index is 0.163. The summed E-state index contributed by atoms with van der Waals surface area (Å²) in [5.74, 6) is -0.516. The molecule has 1 amide bonds. The lowest BCUT2D eigenvalue weighted by molar-refractivity contribution is -0.117. The lowest BCUT2D eigenvalue weighted by Crippen LogP contribution is -2.29. The molecule has 0 saturated carbocycles. The van der Waals surface area contributed by atoms with E-state index >= 15 is 0 Å². The maximum Gasteiger partial charge on any atom is 0.326 e. The molecule has 1 saturated heterocycles. The molecule has 1 aliphatic rings. The summed E-state index contributed by atoms with van der Waals surface area (Å²) in [6.07, 6.45) is 0. The summed E-state index contributed by atoms with van der Waals surface area (Å²) in [6, 6.07) is 6.69. The lowest BCUT2D eigenvalue weighted by atomic mass is 10.3. The molecule has 1 aliphatic heterocycles. The molecule has 0 radical (unpaired) electrons. The van der Waals surface area contributed by atoms with Crippen molar-refractivity contribution in [2.45, 2.75) is 0 Å². The van der Waals surface area contributed by atoms with Gasteiger partial charge in [-0.25, -0.2) is 9.03 Å². The number of hydrogen-bond donors (Lipinski definition) is 1. The van der Waals surface area contributed by atoms with Gasteiger partial charge in [0.2, 0.25) is 0 Å². The van der Waals surface area contributed by atoms with E-state index in [4.69, 9.17) is 0 Å². The molecule has 0 unspecified atom stereocenters. The third-order valence-corrected chi connectivity index (χ3v) is 3.87. The molecule has 15 heavy (non-hydrogen) atoms. The zero-order valence-corrected chi connectivity index (χ0v) is 9.88. The highest BCUT2D eigenvalue weighted by atomic mass is 79.9. The van der Waals surface area contributed by atoms with Crippen LogP contribution in [0.5, 0.6) is 0 Å². The number of anilines is 1. The predicted molar refractivity (Wildman–Crippen MR) is 58.6 cm³/mol. The average molecular weight is 291 g/mol. The van der Waals surface area contributed by atoms with Crippen LogP contribution in [0.15, 0.2) is 28.7 Å². The van der Waals surface area contributed by atoms with Crippen LogP contribution in [0.3, 0.4) is 0 Å². The van der Waals surface area contributed by atoms with Crippen LogP contribution in [-0.2, 0) is 15.0 Å². The Balaban J connectivity index is 2.40. The molecule has 7 heteroatoms. The topological polar surface area (TPSA) is 66.5 Å². The average Bonchev–Trinajstić information content (AvgIpc) is 2.41. The van der Waals surface area contributed by atoms with Gasteiger partial charge in [0, 0.05) is 4.47 Å². The highest BCUT2D eigenvalue weighted by Gasteiger charge is 2.33. The normalized spacial score (nSPS) is 19.0. The van der Waals surface area contributed by atoms with Crippen molar-refractivity contribution < 1.29 is 13.2 Å². The fraction of sp³-hybridized carbons (Fsp3) is 0.125. The maximum atomic E-state index is 11.4. The third-order valence-electron chi connectivity index (χ3n) is 1.93. The van der Waals surface area contributed by atoms with E-state index in [9.17, 15) is 13.2 Å². The third kappa shape index (κ3) is 1.98. The van der Waals surface area contributed by atoms with Crippen LogP contribution in [0.1, 0.15) is 0 Å². The van der Waals surface area contributed by atoms with Crippen LogP contribution < -0.4 is 9.03 Å². The van der Waals surface area contributed by atoms with Gasteiger partial charge in [-0.2, -0.15) is 8.42 Å². The standard InChI is InChI=1S/C8H7BrN2O3S/c9-6-1-3-7(4-2-6)11-5-8(12)10-15(11,13)14/h1-4H,5H2,(H,10,12). The summed E-state index contributed by atoms with van der Waals surface area (Å²) in [7, 11) is -3.68. The Kier molecular flexibility index (Phi) is 2.43. The van der Waals surface area contributed by atoms with E-state index < -0.39 is 16.1 Å². The Labute approximate surface area is 95.4 Å². The summed E-state index contributed by atoms with van der Waals surface area (Å²) < 4.78 is 26.7. The molecule has 5 nitrogen and oxygen atoms in total. The molecule has 0 aliphatic carbocycles. The molecule has 0 spiro atoms. The molecule has 1 N–H and O–H groups in total. The highest BCUT2D eigenvalue weighted by molar-refractivity contribution is 9.10. The van der Waals surface area contributed by atoms with Crippen molar-refractivity contribution in [3.63, 3.8) is 0 Å². The Morgan fingerprint density at radius 1 is 1.27 bits per heavy atom. The zero-order chi connectivity index (χ0) is 11.1. The van der Waals surface area contributed by atoms with Crippen LogP contribution in [0.2, 0.25) is 0 Å². The van der Waals surface area contributed by atoms with Gasteiger partial charge < -0.3 is 0 Å². The molecule has 2 rings (SSSR count). The van der Waals surface area contributed by atoms with Crippen molar-refractivity contribution in [3.05, 3.63) is 28.7 Å². The van der Waals surface area contributed by atoms with Crippen LogP contribution in [0.4, 0.5) is 5.69 Å². The van der Waals surface area contributed by atoms with Gasteiger partial charge in [-0.3, -0.25) is 4.79 Å². The highest BCUT2D eigenvalue weighted by Crippen LogP contribution is 2.22. The van der Waals surface area contributed by atoms with E-state index in [1.54, 1.807) is 24.3 Å². The second kappa shape index (κ2) is 3.49. The SMILES string of the molecule is O=C1CN(c2ccc(Br)cc2)S(=O)(=O)N1. The first-order valence-corrected chi connectivity index (χ1v) is 6.31. The van der Waals surface area contributed by atoms with E-state index in [2.05, 4.69) is 15.9 Å². The number of amides is 1. The quantitative estimate of drug-likeness (QED) is 0.825. The number of rotatable bonds is 1. The second-order valence-corrected chi connectivity index (χ2v) is 5.52. The molecule has 0 bridgehead atoms. The van der Waals surface area contributed by atoms with E-state index in [1.807, 2.05) is 4.72 Å². The Morgan fingerprint density at radius 3 is 2.33 bits per heavy atom. The van der Waals surface area contributed by atoms with Crippen LogP contribution in [0.25, 0.3) is 0 Å². The van der Waals surface area contributed by atoms with Gasteiger partial charge in [0.15, 0.2) is 0 Å². The van der Waals surface area contributed by atoms with Gasteiger partial charge in [0.25, 0.3) is 5.91 Å². The van der Waals surface area contributed by atoms with Crippen molar-refractivity contribution in [1.82, 2.24) is 4.72 Å². The molecule has 0 aromatic heterocycles. The number of nitrogens with one attached hydrogen (secondary N) is 1. The molecule has 80 valence electrons. The van der Waals surface area contributed by atoms with Crippen molar-refractivity contribution in [3.8, 4) is 0 Å². The first kappa shape index (κ1) is 10.4. The summed E-state index contributed by atoms with van der Waals surface area (Å²) in [5.41, 5.74) is 0.469. The van der Waals surface area contributed by atoms with Crippen molar-refractivity contribution in [2.75, 3.05) is 10.8 Å². The molecular weight excluding hydrogens is 284 g/mol. The van der Waals surface area contributed by atoms with Gasteiger partial charge in [0.05, 0.1) is 5.69 Å². The smallest absolute Gasteiger partial charge is 0.272 e. The lowest BCUT2D eigenvalue weighted by Gasteiger charge is -2.14. The second-order valence-electron chi connectivity index (χ2n) is 3.01. The summed E-state index contributed by atoms with van der Waals surface area (Å²) in [5, 5.41) is 0. The van der Waals surface area contributed by atoms with Gasteiger partial charge in [0.1, 0.15) is 6.54 Å². The molecule has 1 heterocycles. The van der Waals surface area contributed by atoms with Crippen LogP contribution >= 0.6 is 15.9 Å². The van der Waals surface area contributed by atoms with E-state index in [0.717, 1.165) is 8.78 Å². The largest absolute Gasteiger partial charge is 0.326 e. The van der Waals surface area contributed by atoms with Crippen molar-refractivity contribution >= 4 is 37.7 Å². The van der Waals surface area contributed by atoms with E-state index in [-0.39, 0.29) is 6.54 Å². The molecule has 1 aromatic carbocycles. The molecule has 1 fully saturated rings. The van der Waals surface area contributed by atoms with E-state index in [0.29, 0.717) is 5.69 Å². The Bertz CT molecular complexity index is 497. The zero-order valence-electron chi connectivity index (χ0n) is 7.47. The van der Waals surface area contributed by atoms with Crippen LogP contribution in [-0.4, -0.2) is 20.9 Å². The maximum absolute atomic E-state index is 11.4. The van der Waals surface area contributed by atoms with Gasteiger partial charge >= 0.3 is 10.2 Å². The monoisotopic (exact) mass is 290 g/mol. The first-order chi connectivity index (χ1) is 6.99. The van der Waals surface area contributed by atoms with Gasteiger partial charge in [-0.05, 0) is 24.3 Å². The fourth-order valence-corrected chi connectivity index (χ4v) is 2.70.